The molecule has 0 N–H and O–H groups in total. The number of methoxy groups -OCH3 is 2. The van der Waals surface area contributed by atoms with Gasteiger partial charge >= 0.3 is 0 Å². The minimum Gasteiger partial charge on any atom is -0.358 e. The first kappa shape index (κ1) is 13.4. The Labute approximate surface area is 85.8 Å². The number of rotatable bonds is 6. The molecule has 0 saturated carbocycles. The summed E-state index contributed by atoms with van der Waals surface area (Å²) in [6.07, 6.45) is 0.983. The largest absolute Gasteiger partial charge is 0.358 e. The monoisotopic (exact) mass is 220 g/mol. The van der Waals surface area contributed by atoms with Crippen LogP contribution in [0.25, 0.3) is 0 Å². The maximum Gasteiger partial charge on any atom is 0.143 e. The van der Waals surface area contributed by atoms with Crippen LogP contribution in [0.1, 0.15) is 13.3 Å². The van der Waals surface area contributed by atoms with Gasteiger partial charge in [-0.15, -0.1) is 0 Å². The zero-order chi connectivity index (χ0) is 10.5. The number of ether oxygens (including phenoxy) is 2. The second kappa shape index (κ2) is 5.29. The van der Waals surface area contributed by atoms with Crippen LogP contribution < -0.4 is 0 Å². The van der Waals surface area contributed by atoms with Crippen LogP contribution in [-0.2, 0) is 9.47 Å². The standard InChI is InChI=1S/C9H24O2Si2/c1-7-9(10-2,11-3)12-8-13(4,5)6/h7-8,12H2,1-6H3. The molecule has 0 fully saturated rings. The Morgan fingerprint density at radius 2 is 1.62 bits per heavy atom. The van der Waals surface area contributed by atoms with Gasteiger partial charge in [-0.25, -0.2) is 0 Å². The van der Waals surface area contributed by atoms with Crippen molar-refractivity contribution in [1.29, 1.82) is 0 Å². The van der Waals surface area contributed by atoms with Crippen LogP contribution in [0, 0.1) is 0 Å². The summed E-state index contributed by atoms with van der Waals surface area (Å²) in [4.78, 5) is 0. The zero-order valence-corrected chi connectivity index (χ0v) is 12.4. The molecule has 4 heteroatoms. The Kier molecular flexibility index (Phi) is 5.43. The van der Waals surface area contributed by atoms with Crippen molar-refractivity contribution in [2.45, 2.75) is 44.1 Å². The van der Waals surface area contributed by atoms with Crippen LogP contribution in [0.5, 0.6) is 0 Å². The van der Waals surface area contributed by atoms with Crippen LogP contribution in [-0.4, -0.2) is 37.2 Å². The summed E-state index contributed by atoms with van der Waals surface area (Å²) in [6, 6.07) is 0. The Balaban J connectivity index is 4.11. The van der Waals surface area contributed by atoms with E-state index in [1.54, 1.807) is 14.2 Å². The first-order valence-electron chi connectivity index (χ1n) is 4.99. The summed E-state index contributed by atoms with van der Waals surface area (Å²) in [5.41, 5.74) is 1.20. The third-order valence-corrected chi connectivity index (χ3v) is 11.4. The van der Waals surface area contributed by atoms with E-state index in [0.29, 0.717) is 0 Å². The van der Waals surface area contributed by atoms with Crippen molar-refractivity contribution in [2.24, 2.45) is 0 Å². The van der Waals surface area contributed by atoms with Gasteiger partial charge in [0.15, 0.2) is 0 Å². The topological polar surface area (TPSA) is 18.5 Å². The predicted molar refractivity (Wildman–Crippen MR) is 63.7 cm³/mol. The molecule has 80 valence electrons. The number of hydrogen-bond acceptors (Lipinski definition) is 2. The SMILES string of the molecule is CCC(OC)(OC)[SiH2]C[Si](C)(C)C. The van der Waals surface area contributed by atoms with E-state index in [1.807, 2.05) is 0 Å². The van der Waals surface area contributed by atoms with Crippen LogP contribution in [0.4, 0.5) is 0 Å². The fourth-order valence-electron chi connectivity index (χ4n) is 1.32. The highest BCUT2D eigenvalue weighted by molar-refractivity contribution is 6.83. The van der Waals surface area contributed by atoms with Gasteiger partial charge in [0, 0.05) is 22.3 Å². The summed E-state index contributed by atoms with van der Waals surface area (Å²) in [5.74, 6) is 0. The molecule has 0 aliphatic heterocycles. The molecule has 0 bridgehead atoms. The van der Waals surface area contributed by atoms with E-state index in [1.165, 1.54) is 5.67 Å². The summed E-state index contributed by atoms with van der Waals surface area (Å²) in [7, 11) is 2.35. The smallest absolute Gasteiger partial charge is 0.143 e. The van der Waals surface area contributed by atoms with E-state index >= 15 is 0 Å². The van der Waals surface area contributed by atoms with Gasteiger partial charge in [-0.05, 0) is 6.42 Å². The van der Waals surface area contributed by atoms with E-state index in [-0.39, 0.29) is 14.9 Å². The Bertz CT molecular complexity index is 131. The summed E-state index contributed by atoms with van der Waals surface area (Å²) < 4.78 is 11.0. The molecule has 13 heavy (non-hydrogen) atoms. The average Bonchev–Trinajstić information content (AvgIpc) is 2.06. The predicted octanol–water partition coefficient (Wildman–Crippen LogP) is 1.81. The van der Waals surface area contributed by atoms with Crippen molar-refractivity contribution in [3.8, 4) is 0 Å². The Morgan fingerprint density at radius 3 is 1.85 bits per heavy atom. The quantitative estimate of drug-likeness (QED) is 0.502. The molecule has 0 heterocycles. The molecular formula is C9H24O2Si2. The minimum atomic E-state index is -0.914. The van der Waals surface area contributed by atoms with Crippen molar-refractivity contribution < 1.29 is 9.47 Å². The third kappa shape index (κ3) is 4.95. The molecular weight excluding hydrogens is 196 g/mol. The van der Waals surface area contributed by atoms with Gasteiger partial charge in [-0.3, -0.25) is 0 Å². The molecule has 0 aliphatic carbocycles. The summed E-state index contributed by atoms with van der Waals surface area (Å²) in [5, 5.41) is 0. The maximum absolute atomic E-state index is 5.49. The molecule has 0 aromatic carbocycles. The van der Waals surface area contributed by atoms with Crippen molar-refractivity contribution in [3.05, 3.63) is 0 Å². The van der Waals surface area contributed by atoms with Crippen molar-refractivity contribution >= 4 is 17.6 Å². The first-order chi connectivity index (χ1) is 5.89. The van der Waals surface area contributed by atoms with Crippen LogP contribution in [0.15, 0.2) is 0 Å². The Hall–Kier alpha value is 0.354. The second-order valence-corrected chi connectivity index (χ2v) is 13.4. The fraction of sp³-hybridized carbons (Fsp3) is 1.00. The molecule has 0 aromatic heterocycles. The molecule has 0 aliphatic rings. The molecule has 0 rings (SSSR count). The highest BCUT2D eigenvalue weighted by atomic mass is 28.4. The lowest BCUT2D eigenvalue weighted by molar-refractivity contribution is -0.145. The van der Waals surface area contributed by atoms with Crippen molar-refractivity contribution in [2.75, 3.05) is 14.2 Å². The molecule has 0 unspecified atom stereocenters. The van der Waals surface area contributed by atoms with Gasteiger partial charge in [0.1, 0.15) is 5.41 Å². The lowest BCUT2D eigenvalue weighted by Gasteiger charge is -2.31. The highest BCUT2D eigenvalue weighted by Gasteiger charge is 2.29. The van der Waals surface area contributed by atoms with Gasteiger partial charge in [0.25, 0.3) is 0 Å². The lowest BCUT2D eigenvalue weighted by atomic mass is 10.5. The van der Waals surface area contributed by atoms with Gasteiger partial charge in [-0.1, -0.05) is 32.2 Å². The maximum atomic E-state index is 5.49. The second-order valence-electron chi connectivity index (χ2n) is 4.73. The molecule has 0 aromatic rings. The normalized spacial score (nSPS) is 14.3. The van der Waals surface area contributed by atoms with E-state index in [0.717, 1.165) is 6.42 Å². The van der Waals surface area contributed by atoms with Crippen LogP contribution in [0.3, 0.4) is 0 Å². The van der Waals surface area contributed by atoms with E-state index in [4.69, 9.17) is 9.47 Å². The third-order valence-electron chi connectivity index (χ3n) is 2.54. The first-order valence-corrected chi connectivity index (χ1v) is 10.4. The van der Waals surface area contributed by atoms with E-state index in [2.05, 4.69) is 26.6 Å². The van der Waals surface area contributed by atoms with Crippen molar-refractivity contribution in [1.82, 2.24) is 0 Å². The number of hydrogen-bond donors (Lipinski definition) is 0. The molecule has 0 spiro atoms. The Morgan fingerprint density at radius 1 is 1.15 bits per heavy atom. The van der Waals surface area contributed by atoms with Crippen molar-refractivity contribution in [3.63, 3.8) is 0 Å². The summed E-state index contributed by atoms with van der Waals surface area (Å²) in [6.45, 7) is 9.37. The van der Waals surface area contributed by atoms with Gasteiger partial charge in [0.05, 0.1) is 9.52 Å². The van der Waals surface area contributed by atoms with E-state index < -0.39 is 8.07 Å². The molecule has 0 atom stereocenters. The molecule has 0 radical (unpaired) electrons. The molecule has 0 amide bonds. The highest BCUT2D eigenvalue weighted by Crippen LogP contribution is 2.19. The molecule has 0 saturated heterocycles. The zero-order valence-electron chi connectivity index (χ0n) is 9.94. The average molecular weight is 220 g/mol. The van der Waals surface area contributed by atoms with Crippen LogP contribution >= 0.6 is 0 Å². The minimum absolute atomic E-state index is 0.194. The van der Waals surface area contributed by atoms with E-state index in [9.17, 15) is 0 Å². The van der Waals surface area contributed by atoms with Gasteiger partial charge < -0.3 is 9.47 Å². The van der Waals surface area contributed by atoms with Gasteiger partial charge in [-0.2, -0.15) is 0 Å². The van der Waals surface area contributed by atoms with Gasteiger partial charge in [0.2, 0.25) is 0 Å². The molecule has 2 nitrogen and oxygen atoms in total. The summed E-state index contributed by atoms with van der Waals surface area (Å²) >= 11 is 0. The lowest BCUT2D eigenvalue weighted by Crippen LogP contribution is -2.43. The fourth-order valence-corrected chi connectivity index (χ4v) is 6.60. The van der Waals surface area contributed by atoms with Crippen LogP contribution in [0.2, 0.25) is 25.3 Å².